The van der Waals surface area contributed by atoms with Crippen LogP contribution in [0.25, 0.3) is 0 Å². The minimum atomic E-state index is 0.174. The molecule has 3 aliphatic rings. The van der Waals surface area contributed by atoms with E-state index in [1.165, 1.54) is 48.8 Å². The van der Waals surface area contributed by atoms with Gasteiger partial charge in [-0.2, -0.15) is 0 Å². The van der Waals surface area contributed by atoms with Gasteiger partial charge < -0.3 is 4.90 Å². The molecule has 0 N–H and O–H groups in total. The van der Waals surface area contributed by atoms with Crippen LogP contribution in [-0.2, 0) is 0 Å². The number of nitrogens with zero attached hydrogens (tertiary/aromatic N) is 2. The molecule has 2 nitrogen and oxygen atoms in total. The second-order valence-corrected chi connectivity index (χ2v) is 10.9. The molecule has 0 radical (unpaired) electrons. The molecule has 4 rings (SSSR count). The van der Waals surface area contributed by atoms with Crippen molar-refractivity contribution in [3.8, 4) is 0 Å². The summed E-state index contributed by atoms with van der Waals surface area (Å²) in [6, 6.07) is 10.8. The highest BCUT2D eigenvalue weighted by molar-refractivity contribution is 6.12. The first-order valence-electron chi connectivity index (χ1n) is 14.2. The van der Waals surface area contributed by atoms with Crippen molar-refractivity contribution in [3.05, 3.63) is 96.3 Å². The van der Waals surface area contributed by atoms with E-state index in [1.54, 1.807) is 0 Å². The van der Waals surface area contributed by atoms with Crippen LogP contribution in [-0.4, -0.2) is 31.8 Å². The molecule has 1 atom stereocenters. The van der Waals surface area contributed by atoms with Crippen molar-refractivity contribution in [1.29, 1.82) is 0 Å². The van der Waals surface area contributed by atoms with Crippen LogP contribution in [0.1, 0.15) is 91.0 Å². The molecule has 0 unspecified atom stereocenters. The smallest absolute Gasteiger partial charge is 0.0642 e. The normalized spacial score (nSPS) is 19.6. The summed E-state index contributed by atoms with van der Waals surface area (Å²) in [5.74, 6) is 2.04. The van der Waals surface area contributed by atoms with Crippen molar-refractivity contribution in [2.75, 3.05) is 21.1 Å². The van der Waals surface area contributed by atoms with Crippen LogP contribution in [0.5, 0.6) is 0 Å². The zero-order valence-electron chi connectivity index (χ0n) is 25.2. The molecule has 0 bridgehead atoms. The summed E-state index contributed by atoms with van der Waals surface area (Å²) in [4.78, 5) is 6.33. The maximum atomic E-state index is 4.35. The van der Waals surface area contributed by atoms with Crippen molar-refractivity contribution >= 4 is 5.71 Å². The van der Waals surface area contributed by atoms with Crippen molar-refractivity contribution in [2.24, 2.45) is 16.3 Å². The van der Waals surface area contributed by atoms with E-state index in [0.717, 1.165) is 36.1 Å². The Morgan fingerprint density at radius 2 is 1.68 bits per heavy atom. The van der Waals surface area contributed by atoms with Gasteiger partial charge in [-0.25, -0.2) is 0 Å². The lowest BCUT2D eigenvalue weighted by atomic mass is 9.74. The highest BCUT2D eigenvalue weighted by Crippen LogP contribution is 2.39. The van der Waals surface area contributed by atoms with Crippen molar-refractivity contribution in [1.82, 2.24) is 4.90 Å². The standard InChI is InChI=1S/C16H23N.C9H10.C5H11N.C5H10/c1-6-11-16(4,8-3)14-10-9-13(7-2)15(12-14)17-5;1-2-4-8(5-3-1)9-6-7-9;1-5(2)6(3)4;1-2-5-3-4-5/h6-7,9-10,12H,1,8,11H2,2-5H3;1-5,9H,6-7H2;1H2,2-4H3;5H,2-4H2,1H3/b13-7-,17-15?;;;/t16-;;;/m1.../s1. The quantitative estimate of drug-likeness (QED) is 0.339. The van der Waals surface area contributed by atoms with E-state index in [9.17, 15) is 0 Å². The van der Waals surface area contributed by atoms with Gasteiger partial charge in [0.25, 0.3) is 0 Å². The summed E-state index contributed by atoms with van der Waals surface area (Å²) < 4.78 is 0. The first kappa shape index (κ1) is 32.4. The highest BCUT2D eigenvalue weighted by atomic mass is 15.1. The molecular weight excluding hydrogens is 448 g/mol. The molecular formula is C35H54N2. The van der Waals surface area contributed by atoms with Gasteiger partial charge in [-0.15, -0.1) is 6.58 Å². The molecule has 2 fully saturated rings. The van der Waals surface area contributed by atoms with E-state index >= 15 is 0 Å². The third kappa shape index (κ3) is 12.5. The van der Waals surface area contributed by atoms with Gasteiger partial charge in [0.15, 0.2) is 0 Å². The van der Waals surface area contributed by atoms with Crippen LogP contribution in [0, 0.1) is 11.3 Å². The molecule has 0 aromatic heterocycles. The third-order valence-corrected chi connectivity index (χ3v) is 7.54. The second kappa shape index (κ2) is 17.0. The van der Waals surface area contributed by atoms with E-state index < -0.39 is 0 Å². The Balaban J connectivity index is 0.000000282. The fourth-order valence-electron chi connectivity index (χ4n) is 3.81. The molecule has 0 heterocycles. The van der Waals surface area contributed by atoms with Crippen molar-refractivity contribution < 1.29 is 0 Å². The van der Waals surface area contributed by atoms with Crippen LogP contribution in [0.3, 0.4) is 0 Å². The summed E-state index contributed by atoms with van der Waals surface area (Å²) in [6.07, 6.45) is 20.1. The molecule has 2 heteroatoms. The van der Waals surface area contributed by atoms with Gasteiger partial charge in [-0.1, -0.05) is 101 Å². The van der Waals surface area contributed by atoms with E-state index in [4.69, 9.17) is 0 Å². The summed E-state index contributed by atoms with van der Waals surface area (Å²) in [7, 11) is 5.80. The fourth-order valence-corrected chi connectivity index (χ4v) is 3.81. The van der Waals surface area contributed by atoms with Crippen molar-refractivity contribution in [3.63, 3.8) is 0 Å². The Bertz CT molecular complexity index is 937. The second-order valence-electron chi connectivity index (χ2n) is 10.9. The summed E-state index contributed by atoms with van der Waals surface area (Å²) in [6.45, 7) is 18.3. The van der Waals surface area contributed by atoms with Crippen molar-refractivity contribution in [2.45, 2.75) is 85.5 Å². The van der Waals surface area contributed by atoms with Crippen LogP contribution < -0.4 is 0 Å². The molecule has 0 amide bonds. The maximum absolute atomic E-state index is 4.35. The lowest BCUT2D eigenvalue weighted by molar-refractivity contribution is 0.397. The van der Waals surface area contributed by atoms with Gasteiger partial charge in [0, 0.05) is 26.8 Å². The van der Waals surface area contributed by atoms with Crippen LogP contribution in [0.15, 0.2) is 95.7 Å². The van der Waals surface area contributed by atoms with E-state index in [-0.39, 0.29) is 5.41 Å². The lowest BCUT2D eigenvalue weighted by Crippen LogP contribution is -2.19. The number of benzene rings is 1. The topological polar surface area (TPSA) is 15.6 Å². The average molecular weight is 503 g/mol. The molecule has 0 saturated heterocycles. The molecule has 0 spiro atoms. The molecule has 0 aliphatic heterocycles. The number of rotatable bonds is 7. The monoisotopic (exact) mass is 502 g/mol. The number of aliphatic imine (C=N–C) groups is 1. The van der Waals surface area contributed by atoms with Gasteiger partial charge in [0.05, 0.1) is 5.71 Å². The third-order valence-electron chi connectivity index (χ3n) is 7.54. The molecule has 1 aromatic rings. The molecule has 37 heavy (non-hydrogen) atoms. The first-order valence-corrected chi connectivity index (χ1v) is 14.2. The predicted molar refractivity (Wildman–Crippen MR) is 167 cm³/mol. The Kier molecular flexibility index (Phi) is 14.9. The van der Waals surface area contributed by atoms with Crippen LogP contribution in [0.4, 0.5) is 0 Å². The van der Waals surface area contributed by atoms with Crippen LogP contribution >= 0.6 is 0 Å². The maximum Gasteiger partial charge on any atom is 0.0642 e. The highest BCUT2D eigenvalue weighted by Gasteiger charge is 2.26. The van der Waals surface area contributed by atoms with Gasteiger partial charge in [-0.3, -0.25) is 4.99 Å². The van der Waals surface area contributed by atoms with Gasteiger partial charge in [-0.05, 0) is 79.6 Å². The van der Waals surface area contributed by atoms with Gasteiger partial charge >= 0.3 is 0 Å². The first-order chi connectivity index (χ1) is 17.6. The largest absolute Gasteiger partial charge is 0.382 e. The predicted octanol–water partition coefficient (Wildman–Crippen LogP) is 9.94. The molecule has 3 aliphatic carbocycles. The number of hydrogen-bond donors (Lipinski definition) is 0. The minimum Gasteiger partial charge on any atom is -0.382 e. The number of allylic oxidation sites excluding steroid dienone is 8. The fraction of sp³-hybridized carbons (Fsp3) is 0.514. The summed E-state index contributed by atoms with van der Waals surface area (Å²) in [5.41, 5.74) is 6.42. The van der Waals surface area contributed by atoms with E-state index in [0.29, 0.717) is 0 Å². The Hall–Kier alpha value is -2.61. The molecule has 2 saturated carbocycles. The minimum absolute atomic E-state index is 0.174. The zero-order valence-corrected chi connectivity index (χ0v) is 25.2. The van der Waals surface area contributed by atoms with Gasteiger partial charge in [0.2, 0.25) is 0 Å². The number of hydrogen-bond acceptors (Lipinski definition) is 2. The molecule has 204 valence electrons. The Labute approximate surface area is 229 Å². The van der Waals surface area contributed by atoms with Crippen LogP contribution in [0.2, 0.25) is 0 Å². The summed E-state index contributed by atoms with van der Waals surface area (Å²) >= 11 is 0. The zero-order chi connectivity index (χ0) is 27.8. The lowest BCUT2D eigenvalue weighted by Gasteiger charge is -2.30. The summed E-state index contributed by atoms with van der Waals surface area (Å²) in [5, 5.41) is 0. The molecule has 1 aromatic carbocycles. The SMILES string of the molecule is C=C(C)N(C)C.C=CC[C@@](C)(CC)C1=CC(=NC)/C(=C\C)C=C1.CCC1CC1.c1ccc(C2CC2)cc1. The Morgan fingerprint density at radius 1 is 1.08 bits per heavy atom. The van der Waals surface area contributed by atoms with Gasteiger partial charge in [0.1, 0.15) is 0 Å². The average Bonchev–Trinajstić information content (AvgIpc) is 3.83. The Morgan fingerprint density at radius 3 is 2.03 bits per heavy atom. The van der Waals surface area contributed by atoms with E-state index in [2.05, 4.69) is 93.6 Å². The van der Waals surface area contributed by atoms with E-state index in [1.807, 2.05) is 46.0 Å².